The number of nitrogens with two attached hydrogens (primary N) is 1. The lowest BCUT2D eigenvalue weighted by Gasteiger charge is -2.54. The van der Waals surface area contributed by atoms with E-state index in [9.17, 15) is 14.4 Å². The van der Waals surface area contributed by atoms with Crippen LogP contribution in [0.4, 0.5) is 0 Å². The van der Waals surface area contributed by atoms with Crippen molar-refractivity contribution in [3.8, 4) is 0 Å². The summed E-state index contributed by atoms with van der Waals surface area (Å²) >= 11 is 0. The second-order valence-electron chi connectivity index (χ2n) is 8.10. The molecule has 3 saturated heterocycles. The standard InChI is InChI=1S/C19H26N4O5/c1-2-15-21-12(8-27-15)17(25)23-10-19(11-23)6-3-7-22(9-19)18(26)14-5-4-13(28-14)16(20)24/h8,13-14H,2-7,9-11H2,1H3,(H2,20,24)/t13-,14+/m1/s1. The predicted octanol–water partition coefficient (Wildman–Crippen LogP) is 0.335. The molecular weight excluding hydrogens is 364 g/mol. The molecule has 1 aromatic heterocycles. The smallest absolute Gasteiger partial charge is 0.275 e. The zero-order chi connectivity index (χ0) is 19.9. The van der Waals surface area contributed by atoms with Crippen LogP contribution < -0.4 is 5.73 Å². The molecule has 1 aromatic rings. The highest BCUT2D eigenvalue weighted by atomic mass is 16.5. The van der Waals surface area contributed by atoms with Crippen molar-refractivity contribution >= 4 is 17.7 Å². The summed E-state index contributed by atoms with van der Waals surface area (Å²) in [6, 6.07) is 0. The van der Waals surface area contributed by atoms with Gasteiger partial charge in [-0.1, -0.05) is 6.92 Å². The molecule has 1 spiro atoms. The molecule has 0 unspecified atom stereocenters. The first-order valence-corrected chi connectivity index (χ1v) is 9.88. The van der Waals surface area contributed by atoms with Gasteiger partial charge in [0.1, 0.15) is 18.5 Å². The Balaban J connectivity index is 1.34. The zero-order valence-electron chi connectivity index (χ0n) is 16.1. The highest BCUT2D eigenvalue weighted by Crippen LogP contribution is 2.40. The Morgan fingerprint density at radius 1 is 1.21 bits per heavy atom. The van der Waals surface area contributed by atoms with E-state index in [0.29, 0.717) is 57.0 Å². The highest BCUT2D eigenvalue weighted by molar-refractivity contribution is 5.92. The molecule has 0 bridgehead atoms. The van der Waals surface area contributed by atoms with E-state index in [-0.39, 0.29) is 17.2 Å². The fourth-order valence-electron chi connectivity index (χ4n) is 4.53. The third kappa shape index (κ3) is 3.39. The predicted molar refractivity (Wildman–Crippen MR) is 97.1 cm³/mol. The second-order valence-corrected chi connectivity index (χ2v) is 8.10. The Kier molecular flexibility index (Phi) is 4.86. The number of hydrogen-bond acceptors (Lipinski definition) is 6. The van der Waals surface area contributed by atoms with E-state index >= 15 is 0 Å². The molecule has 0 saturated carbocycles. The molecule has 3 amide bonds. The molecule has 9 nitrogen and oxygen atoms in total. The Hall–Kier alpha value is -2.42. The van der Waals surface area contributed by atoms with Crippen LogP contribution >= 0.6 is 0 Å². The van der Waals surface area contributed by atoms with Crippen LogP contribution in [0.3, 0.4) is 0 Å². The normalized spacial score (nSPS) is 26.3. The van der Waals surface area contributed by atoms with Crippen LogP contribution in [-0.2, 0) is 20.7 Å². The maximum absolute atomic E-state index is 12.8. The van der Waals surface area contributed by atoms with Gasteiger partial charge in [0, 0.05) is 38.0 Å². The number of carbonyl (C=O) groups excluding carboxylic acids is 3. The van der Waals surface area contributed by atoms with Crippen LogP contribution in [0.2, 0.25) is 0 Å². The van der Waals surface area contributed by atoms with Crippen LogP contribution in [0, 0.1) is 5.41 Å². The second kappa shape index (κ2) is 7.20. The fraction of sp³-hybridized carbons (Fsp3) is 0.684. The molecule has 28 heavy (non-hydrogen) atoms. The Morgan fingerprint density at radius 2 is 1.93 bits per heavy atom. The molecule has 0 aromatic carbocycles. The number of nitrogens with zero attached hydrogens (tertiary/aromatic N) is 3. The van der Waals surface area contributed by atoms with Gasteiger partial charge in [0.15, 0.2) is 11.6 Å². The summed E-state index contributed by atoms with van der Waals surface area (Å²) in [6.45, 7) is 4.43. The number of primary amides is 1. The van der Waals surface area contributed by atoms with Crippen molar-refractivity contribution in [1.82, 2.24) is 14.8 Å². The Labute approximate surface area is 163 Å². The monoisotopic (exact) mass is 390 g/mol. The summed E-state index contributed by atoms with van der Waals surface area (Å²) in [4.78, 5) is 44.4. The first kappa shape index (κ1) is 18.9. The van der Waals surface area contributed by atoms with Gasteiger partial charge in [0.2, 0.25) is 5.91 Å². The van der Waals surface area contributed by atoms with Crippen LogP contribution in [0.1, 0.15) is 49.0 Å². The molecular formula is C19H26N4O5. The maximum Gasteiger partial charge on any atom is 0.275 e. The van der Waals surface area contributed by atoms with Gasteiger partial charge in [0.25, 0.3) is 11.8 Å². The molecule has 3 fully saturated rings. The minimum atomic E-state index is -0.667. The van der Waals surface area contributed by atoms with Crippen LogP contribution in [0.25, 0.3) is 0 Å². The number of ether oxygens (including phenoxy) is 1. The van der Waals surface area contributed by atoms with E-state index in [1.807, 2.05) is 11.8 Å². The van der Waals surface area contributed by atoms with E-state index in [1.54, 1.807) is 4.90 Å². The summed E-state index contributed by atoms with van der Waals surface area (Å²) in [5.74, 6) is -0.158. The number of aromatic nitrogens is 1. The number of piperidine rings is 1. The fourth-order valence-corrected chi connectivity index (χ4v) is 4.53. The summed E-state index contributed by atoms with van der Waals surface area (Å²) in [5, 5.41) is 0. The number of aryl methyl sites for hydroxylation is 1. The number of carbonyl (C=O) groups is 3. The van der Waals surface area contributed by atoms with Gasteiger partial charge in [0.05, 0.1) is 0 Å². The SMILES string of the molecule is CCc1nc(C(=O)N2CC3(CCCN(C(=O)[C@@H]4CC[C@H](C(N)=O)O4)C3)C2)co1. The molecule has 9 heteroatoms. The number of hydrogen-bond donors (Lipinski definition) is 1. The zero-order valence-corrected chi connectivity index (χ0v) is 16.1. The lowest BCUT2D eigenvalue weighted by Crippen LogP contribution is -2.65. The quantitative estimate of drug-likeness (QED) is 0.792. The molecule has 2 N–H and O–H groups in total. The van der Waals surface area contributed by atoms with Crippen molar-refractivity contribution in [2.45, 2.75) is 51.2 Å². The van der Waals surface area contributed by atoms with Gasteiger partial charge in [-0.25, -0.2) is 4.98 Å². The van der Waals surface area contributed by atoms with Crippen LogP contribution in [0.5, 0.6) is 0 Å². The third-order valence-corrected chi connectivity index (χ3v) is 6.00. The maximum atomic E-state index is 12.8. The van der Waals surface area contributed by atoms with Crippen molar-refractivity contribution in [2.75, 3.05) is 26.2 Å². The van der Waals surface area contributed by atoms with Crippen molar-refractivity contribution < 1.29 is 23.5 Å². The number of likely N-dealkylation sites (tertiary alicyclic amines) is 2. The molecule has 3 aliphatic heterocycles. The van der Waals surface area contributed by atoms with E-state index in [2.05, 4.69) is 4.98 Å². The minimum absolute atomic E-state index is 0.0669. The van der Waals surface area contributed by atoms with Crippen molar-refractivity contribution in [3.63, 3.8) is 0 Å². The molecule has 2 atom stereocenters. The summed E-state index contributed by atoms with van der Waals surface area (Å²) < 4.78 is 10.8. The third-order valence-electron chi connectivity index (χ3n) is 6.00. The van der Waals surface area contributed by atoms with Crippen molar-refractivity contribution in [1.29, 1.82) is 0 Å². The summed E-state index contributed by atoms with van der Waals surface area (Å²) in [6.07, 6.45) is 3.69. The summed E-state index contributed by atoms with van der Waals surface area (Å²) in [7, 11) is 0. The summed E-state index contributed by atoms with van der Waals surface area (Å²) in [5.41, 5.74) is 5.55. The minimum Gasteiger partial charge on any atom is -0.448 e. The van der Waals surface area contributed by atoms with Gasteiger partial charge in [-0.15, -0.1) is 0 Å². The molecule has 0 radical (unpaired) electrons. The van der Waals surface area contributed by atoms with Crippen molar-refractivity contribution in [2.24, 2.45) is 11.1 Å². The van der Waals surface area contributed by atoms with Gasteiger partial charge in [-0.3, -0.25) is 14.4 Å². The van der Waals surface area contributed by atoms with Crippen LogP contribution in [0.15, 0.2) is 10.7 Å². The molecule has 0 aliphatic carbocycles. The average Bonchev–Trinajstić information content (AvgIpc) is 3.34. The van der Waals surface area contributed by atoms with E-state index in [0.717, 1.165) is 12.8 Å². The van der Waals surface area contributed by atoms with Gasteiger partial charge in [-0.2, -0.15) is 0 Å². The van der Waals surface area contributed by atoms with Gasteiger partial charge < -0.3 is 24.7 Å². The Morgan fingerprint density at radius 3 is 2.57 bits per heavy atom. The topological polar surface area (TPSA) is 119 Å². The number of rotatable bonds is 4. The largest absolute Gasteiger partial charge is 0.448 e. The average molecular weight is 390 g/mol. The first-order chi connectivity index (χ1) is 13.4. The number of amides is 3. The van der Waals surface area contributed by atoms with Gasteiger partial charge in [-0.05, 0) is 25.7 Å². The highest BCUT2D eigenvalue weighted by Gasteiger charge is 2.49. The molecule has 152 valence electrons. The van der Waals surface area contributed by atoms with Crippen LogP contribution in [-0.4, -0.2) is 70.9 Å². The molecule has 3 aliphatic rings. The Bertz CT molecular complexity index is 785. The lowest BCUT2D eigenvalue weighted by atomic mass is 9.73. The van der Waals surface area contributed by atoms with Gasteiger partial charge >= 0.3 is 0 Å². The first-order valence-electron chi connectivity index (χ1n) is 9.88. The van der Waals surface area contributed by atoms with E-state index in [1.165, 1.54) is 6.26 Å². The van der Waals surface area contributed by atoms with Crippen molar-refractivity contribution in [3.05, 3.63) is 17.8 Å². The lowest BCUT2D eigenvalue weighted by molar-refractivity contribution is -0.151. The van der Waals surface area contributed by atoms with E-state index < -0.39 is 18.1 Å². The number of oxazole rings is 1. The molecule has 4 heterocycles. The van der Waals surface area contributed by atoms with E-state index in [4.69, 9.17) is 14.9 Å². The molecule has 4 rings (SSSR count).